The number of methoxy groups -OCH3 is 1. The zero-order valence-corrected chi connectivity index (χ0v) is 7.65. The second kappa shape index (κ2) is 3.97. The molecule has 5 nitrogen and oxygen atoms in total. The smallest absolute Gasteiger partial charge is 0.336 e. The summed E-state index contributed by atoms with van der Waals surface area (Å²) in [6.07, 6.45) is 0. The summed E-state index contributed by atoms with van der Waals surface area (Å²) in [4.78, 5) is 10.8. The monoisotopic (exact) mass is 197 g/mol. The number of carboxylic acid groups (broad SMARTS) is 1. The summed E-state index contributed by atoms with van der Waals surface area (Å²) in [5.74, 6) is -1.08. The Morgan fingerprint density at radius 3 is 2.64 bits per heavy atom. The number of aromatic carboxylic acids is 1. The van der Waals surface area contributed by atoms with E-state index in [-0.39, 0.29) is 23.6 Å². The Bertz CT molecular complexity index is 362. The number of phenolic OH excluding ortho intramolecular Hbond substituents is 1. The number of aromatic hydroxyl groups is 1. The van der Waals surface area contributed by atoms with Gasteiger partial charge in [0.2, 0.25) is 0 Å². The quantitative estimate of drug-likeness (QED) is 0.658. The molecule has 0 amide bonds. The van der Waals surface area contributed by atoms with Gasteiger partial charge in [0.1, 0.15) is 0 Å². The van der Waals surface area contributed by atoms with Crippen LogP contribution in [0.1, 0.15) is 15.9 Å². The first-order chi connectivity index (χ1) is 6.60. The molecule has 1 aromatic rings. The number of carboxylic acids is 1. The minimum atomic E-state index is -1.09. The first kappa shape index (κ1) is 10.3. The molecule has 14 heavy (non-hydrogen) atoms. The molecular weight excluding hydrogens is 186 g/mol. The summed E-state index contributed by atoms with van der Waals surface area (Å²) in [7, 11) is 1.35. The maximum absolute atomic E-state index is 10.8. The van der Waals surface area contributed by atoms with E-state index in [0.29, 0.717) is 5.56 Å². The van der Waals surface area contributed by atoms with Crippen molar-refractivity contribution in [1.29, 1.82) is 0 Å². The number of rotatable bonds is 3. The van der Waals surface area contributed by atoms with Crippen molar-refractivity contribution in [3.63, 3.8) is 0 Å². The molecule has 4 N–H and O–H groups in total. The molecule has 0 aliphatic rings. The molecule has 0 heterocycles. The van der Waals surface area contributed by atoms with Gasteiger partial charge in [-0.25, -0.2) is 4.79 Å². The molecule has 0 saturated heterocycles. The fourth-order valence-corrected chi connectivity index (χ4v) is 1.14. The van der Waals surface area contributed by atoms with E-state index in [1.807, 2.05) is 0 Å². The van der Waals surface area contributed by atoms with E-state index in [1.165, 1.54) is 19.2 Å². The summed E-state index contributed by atoms with van der Waals surface area (Å²) >= 11 is 0. The van der Waals surface area contributed by atoms with Gasteiger partial charge in [-0.3, -0.25) is 0 Å². The lowest BCUT2D eigenvalue weighted by Crippen LogP contribution is -2.07. The summed E-state index contributed by atoms with van der Waals surface area (Å²) in [6.45, 7) is 0.0547. The largest absolute Gasteiger partial charge is 0.504 e. The van der Waals surface area contributed by atoms with Gasteiger partial charge in [0.15, 0.2) is 11.5 Å². The lowest BCUT2D eigenvalue weighted by atomic mass is 10.1. The molecule has 0 spiro atoms. The number of carbonyl (C=O) groups is 1. The van der Waals surface area contributed by atoms with Crippen LogP contribution in [0.3, 0.4) is 0 Å². The third-order valence-electron chi connectivity index (χ3n) is 1.86. The van der Waals surface area contributed by atoms with E-state index in [0.717, 1.165) is 0 Å². The Balaban J connectivity index is 3.32. The molecule has 76 valence electrons. The van der Waals surface area contributed by atoms with Gasteiger partial charge in [0.25, 0.3) is 0 Å². The van der Waals surface area contributed by atoms with Crippen LogP contribution < -0.4 is 10.5 Å². The number of phenols is 1. The predicted molar refractivity (Wildman–Crippen MR) is 49.5 cm³/mol. The van der Waals surface area contributed by atoms with Crippen molar-refractivity contribution >= 4 is 5.97 Å². The summed E-state index contributed by atoms with van der Waals surface area (Å²) in [5.41, 5.74) is 5.75. The van der Waals surface area contributed by atoms with E-state index in [1.54, 1.807) is 0 Å². The molecule has 1 aromatic carbocycles. The Morgan fingerprint density at radius 2 is 2.21 bits per heavy atom. The van der Waals surface area contributed by atoms with Crippen LogP contribution in [-0.4, -0.2) is 23.3 Å². The minimum Gasteiger partial charge on any atom is -0.504 e. The molecule has 0 radical (unpaired) electrons. The topological polar surface area (TPSA) is 92.8 Å². The molecule has 0 aliphatic carbocycles. The van der Waals surface area contributed by atoms with Gasteiger partial charge in [-0.2, -0.15) is 0 Å². The van der Waals surface area contributed by atoms with Gasteiger partial charge in [-0.15, -0.1) is 0 Å². The highest BCUT2D eigenvalue weighted by atomic mass is 16.5. The van der Waals surface area contributed by atoms with Crippen LogP contribution in [0, 0.1) is 0 Å². The first-order valence-electron chi connectivity index (χ1n) is 3.93. The molecular formula is C9H11NO4. The normalized spacial score (nSPS) is 9.86. The zero-order valence-electron chi connectivity index (χ0n) is 7.65. The standard InChI is InChI=1S/C9H11NO4/c1-14-8-3-6(9(12)13)5(4-10)2-7(8)11/h2-3,11H,4,10H2,1H3,(H,12,13). The Labute approximate surface area is 80.7 Å². The van der Waals surface area contributed by atoms with Crippen LogP contribution in [0.15, 0.2) is 12.1 Å². The third kappa shape index (κ3) is 1.77. The third-order valence-corrected chi connectivity index (χ3v) is 1.86. The first-order valence-corrected chi connectivity index (χ1v) is 3.93. The molecule has 1 rings (SSSR count). The van der Waals surface area contributed by atoms with Crippen LogP contribution in [0.4, 0.5) is 0 Å². The highest BCUT2D eigenvalue weighted by Gasteiger charge is 2.13. The zero-order chi connectivity index (χ0) is 10.7. The predicted octanol–water partition coefficient (Wildman–Crippen LogP) is 0.558. The van der Waals surface area contributed by atoms with Gasteiger partial charge in [0, 0.05) is 6.54 Å². The van der Waals surface area contributed by atoms with Crippen molar-refractivity contribution in [1.82, 2.24) is 0 Å². The average Bonchev–Trinajstić information content (AvgIpc) is 2.16. The van der Waals surface area contributed by atoms with Crippen LogP contribution in [-0.2, 0) is 6.54 Å². The molecule has 0 saturated carbocycles. The molecule has 0 aromatic heterocycles. The minimum absolute atomic E-state index is 0.0437. The highest BCUT2D eigenvalue weighted by molar-refractivity contribution is 5.90. The number of nitrogens with two attached hydrogens (primary N) is 1. The van der Waals surface area contributed by atoms with Crippen molar-refractivity contribution in [2.45, 2.75) is 6.54 Å². The van der Waals surface area contributed by atoms with Crippen LogP contribution in [0.2, 0.25) is 0 Å². The molecule has 0 atom stereocenters. The van der Waals surface area contributed by atoms with Gasteiger partial charge in [-0.1, -0.05) is 0 Å². The maximum atomic E-state index is 10.8. The summed E-state index contributed by atoms with van der Waals surface area (Å²) in [6, 6.07) is 2.54. The van der Waals surface area contributed by atoms with Crippen molar-refractivity contribution in [3.8, 4) is 11.5 Å². The van der Waals surface area contributed by atoms with Gasteiger partial charge >= 0.3 is 5.97 Å². The van der Waals surface area contributed by atoms with Crippen molar-refractivity contribution < 1.29 is 19.7 Å². The van der Waals surface area contributed by atoms with Crippen LogP contribution >= 0.6 is 0 Å². The van der Waals surface area contributed by atoms with E-state index < -0.39 is 5.97 Å². The molecule has 0 fully saturated rings. The van der Waals surface area contributed by atoms with Crippen molar-refractivity contribution in [2.75, 3.05) is 7.11 Å². The second-order valence-electron chi connectivity index (χ2n) is 2.69. The van der Waals surface area contributed by atoms with E-state index in [2.05, 4.69) is 0 Å². The fraction of sp³-hybridized carbons (Fsp3) is 0.222. The fourth-order valence-electron chi connectivity index (χ4n) is 1.14. The molecule has 0 aliphatic heterocycles. The van der Waals surface area contributed by atoms with Crippen molar-refractivity contribution in [3.05, 3.63) is 23.3 Å². The lowest BCUT2D eigenvalue weighted by molar-refractivity contribution is 0.0695. The highest BCUT2D eigenvalue weighted by Crippen LogP contribution is 2.29. The molecule has 5 heteroatoms. The lowest BCUT2D eigenvalue weighted by Gasteiger charge is -2.08. The second-order valence-corrected chi connectivity index (χ2v) is 2.69. The van der Waals surface area contributed by atoms with Crippen LogP contribution in [0.5, 0.6) is 11.5 Å². The van der Waals surface area contributed by atoms with Crippen molar-refractivity contribution in [2.24, 2.45) is 5.73 Å². The van der Waals surface area contributed by atoms with Gasteiger partial charge < -0.3 is 20.7 Å². The number of hydrogen-bond acceptors (Lipinski definition) is 4. The SMILES string of the molecule is COc1cc(C(=O)O)c(CN)cc1O. The molecule has 0 bridgehead atoms. The Morgan fingerprint density at radius 1 is 1.57 bits per heavy atom. The molecule has 0 unspecified atom stereocenters. The number of hydrogen-bond donors (Lipinski definition) is 3. The number of ether oxygens (including phenoxy) is 1. The Hall–Kier alpha value is -1.75. The number of benzene rings is 1. The van der Waals surface area contributed by atoms with Gasteiger partial charge in [0.05, 0.1) is 12.7 Å². The Kier molecular flexibility index (Phi) is 2.93. The van der Waals surface area contributed by atoms with E-state index in [9.17, 15) is 9.90 Å². The van der Waals surface area contributed by atoms with E-state index >= 15 is 0 Å². The van der Waals surface area contributed by atoms with Crippen LogP contribution in [0.25, 0.3) is 0 Å². The summed E-state index contributed by atoms with van der Waals surface area (Å²) in [5, 5.41) is 18.2. The summed E-state index contributed by atoms with van der Waals surface area (Å²) < 4.78 is 4.78. The maximum Gasteiger partial charge on any atom is 0.336 e. The van der Waals surface area contributed by atoms with E-state index in [4.69, 9.17) is 15.6 Å². The van der Waals surface area contributed by atoms with Gasteiger partial charge in [-0.05, 0) is 17.7 Å². The average molecular weight is 197 g/mol.